The Morgan fingerprint density at radius 2 is 1.43 bits per heavy atom. The van der Waals surface area contributed by atoms with Crippen LogP contribution in [0.15, 0.2) is 0 Å². The quantitative estimate of drug-likeness (QED) is 0.532. The molecule has 2 radical (unpaired) electrons. The minimum absolute atomic E-state index is 0. The average Bonchev–Trinajstić information content (AvgIpc) is 0.722. The van der Waals surface area contributed by atoms with E-state index in [9.17, 15) is 0 Å². The van der Waals surface area contributed by atoms with E-state index in [0.717, 1.165) is 0 Å². The molecule has 0 aromatic carbocycles. The molecule has 0 aliphatic carbocycles. The van der Waals surface area contributed by atoms with Crippen molar-refractivity contribution in [2.45, 2.75) is 0 Å². The van der Waals surface area contributed by atoms with Gasteiger partial charge in [0, 0.05) is 34.9 Å². The molecule has 0 aromatic heterocycles. The van der Waals surface area contributed by atoms with Gasteiger partial charge in [-0.1, -0.05) is 0 Å². The van der Waals surface area contributed by atoms with Crippen LogP contribution in [0.4, 0.5) is 0 Å². The van der Waals surface area contributed by atoms with Crippen molar-refractivity contribution in [2.24, 2.45) is 0 Å². The van der Waals surface area contributed by atoms with Crippen LogP contribution in [0.2, 0.25) is 0 Å². The molecule has 0 amide bonds. The van der Waals surface area contributed by atoms with Crippen LogP contribution in [0.25, 0.3) is 0 Å². The van der Waals surface area contributed by atoms with Gasteiger partial charge in [0.2, 0.25) is 0 Å². The molecule has 0 atom stereocenters. The summed E-state index contributed by atoms with van der Waals surface area (Å²) in [6, 6.07) is 0. The van der Waals surface area contributed by atoms with E-state index in [1.54, 1.807) is 0 Å². The Morgan fingerprint density at radius 3 is 1.43 bits per heavy atom. The van der Waals surface area contributed by atoms with Gasteiger partial charge < -0.3 is 0 Å². The summed E-state index contributed by atoms with van der Waals surface area (Å²) in [5.74, 6) is 0. The molecular weight excluding hydrogens is 263 g/mol. The summed E-state index contributed by atoms with van der Waals surface area (Å²) < 4.78 is 24.0. The fourth-order valence-electron chi connectivity index (χ4n) is 0. The first-order valence-corrected chi connectivity index (χ1v) is 3.10. The molecule has 0 heterocycles. The molecule has 3 nitrogen and oxygen atoms in total. The Bertz CT molecular complexity index is 96.1. The molecule has 0 fully saturated rings. The second kappa shape index (κ2) is 6.20. The molecule has 40 valence electrons. The molecule has 7 heavy (non-hydrogen) atoms. The second-order valence-corrected chi connectivity index (χ2v) is 2.65. The van der Waals surface area contributed by atoms with Crippen LogP contribution in [-0.2, 0) is 20.2 Å². The first-order valence-electron chi connectivity index (χ1n) is 0.698. The number of hydrogen-bond acceptors (Lipinski definition) is 2. The Balaban J connectivity index is -0.0000000800. The maximum atomic E-state index is 9.11. The van der Waals surface area contributed by atoms with Crippen molar-refractivity contribution >= 4 is 73.5 Å². The number of rotatable bonds is 0. The molecule has 0 unspecified atom stereocenters. The SMILES string of the molecule is O=S(O)(O)=S.[NaH].[Te]. The van der Waals surface area contributed by atoms with Crippen LogP contribution in [0, 0.1) is 0 Å². The standard InChI is InChI=1S/Na.H2O3S2.Te.H/c;1-5(2,3)4;;/h;(H2,1,2,3,4);;. The predicted octanol–water partition coefficient (Wildman–Crippen LogP) is -1.35. The van der Waals surface area contributed by atoms with Gasteiger partial charge in [-0.2, -0.15) is 4.21 Å². The average molecular weight is 266 g/mol. The monoisotopic (exact) mass is 268 g/mol. The summed E-state index contributed by atoms with van der Waals surface area (Å²) in [6.45, 7) is 0. The van der Waals surface area contributed by atoms with Crippen molar-refractivity contribution in [2.75, 3.05) is 0 Å². The second-order valence-electron chi connectivity index (χ2n) is 0.448. The molecule has 0 aliphatic heterocycles. The van der Waals surface area contributed by atoms with E-state index in [4.69, 9.17) is 13.3 Å². The van der Waals surface area contributed by atoms with Gasteiger partial charge in [0.15, 0.2) is 0 Å². The van der Waals surface area contributed by atoms with Gasteiger partial charge in [-0.05, 0) is 0 Å². The summed E-state index contributed by atoms with van der Waals surface area (Å²) in [6.07, 6.45) is 0. The smallest absolute Gasteiger partial charge is 0 e. The Hall–Kier alpha value is 2.08. The number of hydrogen-bond donors (Lipinski definition) is 2. The first-order chi connectivity index (χ1) is 2.00. The summed E-state index contributed by atoms with van der Waals surface area (Å²) in [5, 5.41) is 0. The normalized spacial score (nSPS) is 8.29. The van der Waals surface area contributed by atoms with Crippen molar-refractivity contribution in [3.05, 3.63) is 0 Å². The van der Waals surface area contributed by atoms with Crippen LogP contribution >= 0.6 is 0 Å². The van der Waals surface area contributed by atoms with E-state index in [1.807, 2.05) is 0 Å². The predicted molar refractivity (Wildman–Crippen MR) is 33.7 cm³/mol. The molecule has 7 heteroatoms. The third-order valence-corrected chi connectivity index (χ3v) is 0. The van der Waals surface area contributed by atoms with Crippen LogP contribution in [0.5, 0.6) is 0 Å². The largest absolute Gasteiger partial charge is 0 e. The summed E-state index contributed by atoms with van der Waals surface area (Å²) in [7, 11) is -3.83. The fourth-order valence-corrected chi connectivity index (χ4v) is 0. The van der Waals surface area contributed by atoms with Crippen LogP contribution < -0.4 is 0 Å². The Labute approximate surface area is 85.6 Å². The van der Waals surface area contributed by atoms with E-state index in [2.05, 4.69) is 11.2 Å². The molecule has 2 N–H and O–H groups in total. The summed E-state index contributed by atoms with van der Waals surface area (Å²) in [5.41, 5.74) is 0. The van der Waals surface area contributed by atoms with Crippen LogP contribution in [-0.4, -0.2) is 66.5 Å². The molecule has 0 spiro atoms. The molecular formula is H3NaO3S2Te. The van der Waals surface area contributed by atoms with Gasteiger partial charge >= 0.3 is 29.6 Å². The third kappa shape index (κ3) is 69.1. The van der Waals surface area contributed by atoms with Crippen molar-refractivity contribution < 1.29 is 13.3 Å². The van der Waals surface area contributed by atoms with Crippen LogP contribution in [0.3, 0.4) is 0 Å². The van der Waals surface area contributed by atoms with Crippen molar-refractivity contribution in [3.8, 4) is 0 Å². The van der Waals surface area contributed by atoms with Crippen molar-refractivity contribution in [1.82, 2.24) is 0 Å². The maximum absolute atomic E-state index is 9.11. The summed E-state index contributed by atoms with van der Waals surface area (Å²) in [4.78, 5) is 0. The van der Waals surface area contributed by atoms with Gasteiger partial charge in [-0.3, -0.25) is 9.11 Å². The van der Waals surface area contributed by atoms with E-state index < -0.39 is 9.05 Å². The Morgan fingerprint density at radius 1 is 1.43 bits per heavy atom. The van der Waals surface area contributed by atoms with Crippen LogP contribution in [0.1, 0.15) is 0 Å². The minimum Gasteiger partial charge on any atom is 0 e. The molecule has 0 rings (SSSR count). The molecule has 0 aromatic rings. The third-order valence-electron chi connectivity index (χ3n) is 0. The van der Waals surface area contributed by atoms with Gasteiger partial charge in [-0.15, -0.1) is 0 Å². The minimum atomic E-state index is -3.83. The molecule has 0 saturated heterocycles. The van der Waals surface area contributed by atoms with Crippen molar-refractivity contribution in [3.63, 3.8) is 0 Å². The Kier molecular flexibility index (Phi) is 14.2. The first kappa shape index (κ1) is 16.0. The maximum Gasteiger partial charge on any atom is 0 e. The van der Waals surface area contributed by atoms with E-state index in [-0.39, 0.29) is 53.2 Å². The molecule has 0 aliphatic rings. The zero-order valence-electron chi connectivity index (χ0n) is 2.53. The van der Waals surface area contributed by atoms with E-state index in [1.165, 1.54) is 0 Å². The van der Waals surface area contributed by atoms with Gasteiger partial charge in [0.05, 0.1) is 0 Å². The van der Waals surface area contributed by atoms with Crippen molar-refractivity contribution in [1.29, 1.82) is 0 Å². The zero-order valence-corrected chi connectivity index (χ0v) is 6.49. The van der Waals surface area contributed by atoms with Gasteiger partial charge in [-0.25, -0.2) is 0 Å². The molecule has 0 saturated carbocycles. The summed E-state index contributed by atoms with van der Waals surface area (Å²) >= 11 is 3.47. The topological polar surface area (TPSA) is 57.5 Å². The van der Waals surface area contributed by atoms with Gasteiger partial charge in [0.1, 0.15) is 0 Å². The van der Waals surface area contributed by atoms with Gasteiger partial charge in [0.25, 0.3) is 9.05 Å². The van der Waals surface area contributed by atoms with E-state index >= 15 is 0 Å². The fraction of sp³-hybridized carbons (Fsp3) is 0. The zero-order chi connectivity index (χ0) is 4.50. The molecule has 0 bridgehead atoms. The van der Waals surface area contributed by atoms with E-state index in [0.29, 0.717) is 0 Å².